The van der Waals surface area contributed by atoms with Crippen molar-refractivity contribution in [3.8, 4) is 33.4 Å². The van der Waals surface area contributed by atoms with E-state index in [0.29, 0.717) is 0 Å². The van der Waals surface area contributed by atoms with Crippen molar-refractivity contribution >= 4 is 87.2 Å². The van der Waals surface area contributed by atoms with Gasteiger partial charge in [-0.25, -0.2) is 0 Å². The lowest BCUT2D eigenvalue weighted by Gasteiger charge is -2.31. The van der Waals surface area contributed by atoms with Crippen molar-refractivity contribution in [3.63, 3.8) is 0 Å². The Hall–Kier alpha value is -8.24. The highest BCUT2D eigenvalue weighted by Gasteiger charge is 2.35. The quantitative estimate of drug-likeness (QED) is 0.150. The van der Waals surface area contributed by atoms with Gasteiger partial charge in [0.1, 0.15) is 0 Å². The normalized spacial score (nSPS) is 12.7. The van der Waals surface area contributed by atoms with Crippen LogP contribution in [0.25, 0.3) is 75.1 Å². The third kappa shape index (κ3) is 6.46. The van der Waals surface area contributed by atoms with Gasteiger partial charge in [-0.05, 0) is 128 Å². The van der Waals surface area contributed by atoms with Crippen LogP contribution in [0.1, 0.15) is 25.0 Å². The lowest BCUT2D eigenvalue weighted by atomic mass is 9.82. The van der Waals surface area contributed by atoms with Crippen molar-refractivity contribution in [1.82, 2.24) is 0 Å². The number of benzene rings is 11. The fraction of sp³-hybridized carbons (Fsp3) is 0.0462. The standard InChI is InChI=1S/C65H46N2S/c1-65(2)59-29-17-16-27-54(59)57-40-49(36-38-60(57)65)66(46-19-6-3-7-20-46)50-35-37-51(61(41-50)67(47-21-8-4-9-22-47)48-23-10-5-11-24-48)44-30-32-45(33-31-44)56-42-58-63-52-25-13-12-18-43(52)34-39-62(63)68-64(58)55-28-15-14-26-53(55)56/h3-42H,1-2H3. The Morgan fingerprint density at radius 2 is 0.882 bits per heavy atom. The molecule has 322 valence electrons. The van der Waals surface area contributed by atoms with Crippen LogP contribution in [0.15, 0.2) is 243 Å². The van der Waals surface area contributed by atoms with Crippen LogP contribution in [0.2, 0.25) is 0 Å². The molecule has 0 N–H and O–H groups in total. The molecule has 0 fully saturated rings. The molecule has 12 aromatic rings. The maximum absolute atomic E-state index is 2.45. The molecule has 3 heteroatoms. The molecule has 0 saturated heterocycles. The summed E-state index contributed by atoms with van der Waals surface area (Å²) < 4.78 is 2.67. The molecule has 0 unspecified atom stereocenters. The van der Waals surface area contributed by atoms with E-state index in [0.717, 1.165) is 45.3 Å². The van der Waals surface area contributed by atoms with Crippen molar-refractivity contribution in [1.29, 1.82) is 0 Å². The maximum atomic E-state index is 2.45. The van der Waals surface area contributed by atoms with E-state index in [1.807, 2.05) is 11.3 Å². The average molecular weight is 887 g/mol. The summed E-state index contributed by atoms with van der Waals surface area (Å²) in [4.78, 5) is 4.82. The number of fused-ring (bicyclic) bond motifs is 10. The van der Waals surface area contributed by atoms with E-state index in [1.54, 1.807) is 0 Å². The summed E-state index contributed by atoms with van der Waals surface area (Å²) in [6.45, 7) is 4.69. The zero-order valence-electron chi connectivity index (χ0n) is 37.9. The number of anilines is 6. The topological polar surface area (TPSA) is 6.48 Å². The molecule has 68 heavy (non-hydrogen) atoms. The lowest BCUT2D eigenvalue weighted by Crippen LogP contribution is -2.16. The molecular formula is C65H46N2S. The minimum absolute atomic E-state index is 0.0781. The number of rotatable bonds is 8. The third-order valence-electron chi connectivity index (χ3n) is 14.2. The summed E-state index contributed by atoms with van der Waals surface area (Å²) in [7, 11) is 0. The number of thiophene rings is 1. The maximum Gasteiger partial charge on any atom is 0.0560 e. The second-order valence-electron chi connectivity index (χ2n) is 18.5. The van der Waals surface area contributed by atoms with Gasteiger partial charge < -0.3 is 9.80 Å². The predicted octanol–water partition coefficient (Wildman–Crippen LogP) is 18.9. The molecule has 0 bridgehead atoms. The summed E-state index contributed by atoms with van der Waals surface area (Å²) in [5, 5.41) is 7.81. The van der Waals surface area contributed by atoms with Crippen LogP contribution in [-0.2, 0) is 5.41 Å². The van der Waals surface area contributed by atoms with Crippen molar-refractivity contribution in [2.24, 2.45) is 0 Å². The molecule has 0 amide bonds. The largest absolute Gasteiger partial charge is 0.310 e. The molecule has 0 spiro atoms. The molecule has 13 rings (SSSR count). The second kappa shape index (κ2) is 16.0. The minimum Gasteiger partial charge on any atom is -0.310 e. The predicted molar refractivity (Wildman–Crippen MR) is 292 cm³/mol. The highest BCUT2D eigenvalue weighted by Crippen LogP contribution is 2.52. The highest BCUT2D eigenvalue weighted by atomic mass is 32.1. The Morgan fingerprint density at radius 1 is 0.338 bits per heavy atom. The van der Waals surface area contributed by atoms with Gasteiger partial charge in [0, 0.05) is 65.0 Å². The van der Waals surface area contributed by atoms with Crippen LogP contribution in [0.5, 0.6) is 0 Å². The van der Waals surface area contributed by atoms with E-state index in [4.69, 9.17) is 0 Å². The Balaban J connectivity index is 0.998. The zero-order chi connectivity index (χ0) is 45.3. The van der Waals surface area contributed by atoms with Gasteiger partial charge in [-0.1, -0.05) is 184 Å². The summed E-state index contributed by atoms with van der Waals surface area (Å²) in [6.07, 6.45) is 0. The molecule has 0 radical (unpaired) electrons. The van der Waals surface area contributed by atoms with Crippen LogP contribution < -0.4 is 9.80 Å². The Bertz CT molecular complexity index is 3830. The van der Waals surface area contributed by atoms with Gasteiger partial charge >= 0.3 is 0 Å². The monoisotopic (exact) mass is 886 g/mol. The minimum atomic E-state index is -0.0781. The van der Waals surface area contributed by atoms with Crippen LogP contribution in [0.3, 0.4) is 0 Å². The molecule has 11 aromatic carbocycles. The van der Waals surface area contributed by atoms with Gasteiger partial charge in [0.15, 0.2) is 0 Å². The summed E-state index contributed by atoms with van der Waals surface area (Å²) >= 11 is 1.90. The van der Waals surface area contributed by atoms with Crippen molar-refractivity contribution in [3.05, 3.63) is 254 Å². The van der Waals surface area contributed by atoms with E-state index < -0.39 is 0 Å². The smallest absolute Gasteiger partial charge is 0.0560 e. The van der Waals surface area contributed by atoms with Crippen LogP contribution in [0, 0.1) is 0 Å². The van der Waals surface area contributed by atoms with Crippen LogP contribution in [-0.4, -0.2) is 0 Å². The molecular weight excluding hydrogens is 841 g/mol. The number of hydrogen-bond acceptors (Lipinski definition) is 3. The summed E-state index contributed by atoms with van der Waals surface area (Å²) in [5.41, 5.74) is 16.6. The first-order valence-electron chi connectivity index (χ1n) is 23.5. The molecule has 0 aliphatic heterocycles. The summed E-state index contributed by atoms with van der Waals surface area (Å²) in [5.74, 6) is 0. The highest BCUT2D eigenvalue weighted by molar-refractivity contribution is 7.27. The first-order chi connectivity index (χ1) is 33.5. The molecule has 2 nitrogen and oxygen atoms in total. The van der Waals surface area contributed by atoms with E-state index >= 15 is 0 Å². The van der Waals surface area contributed by atoms with Gasteiger partial charge in [0.05, 0.1) is 5.69 Å². The first-order valence-corrected chi connectivity index (χ1v) is 24.3. The Morgan fingerprint density at radius 3 is 1.59 bits per heavy atom. The number of nitrogens with zero attached hydrogens (tertiary/aromatic N) is 2. The molecule has 1 aliphatic carbocycles. The summed E-state index contributed by atoms with van der Waals surface area (Å²) in [6, 6.07) is 89.3. The van der Waals surface area contributed by atoms with E-state index in [2.05, 4.69) is 266 Å². The van der Waals surface area contributed by atoms with Gasteiger partial charge in [-0.3, -0.25) is 0 Å². The van der Waals surface area contributed by atoms with Gasteiger partial charge in [0.25, 0.3) is 0 Å². The Labute approximate surface area is 401 Å². The van der Waals surface area contributed by atoms with E-state index in [-0.39, 0.29) is 5.41 Å². The lowest BCUT2D eigenvalue weighted by molar-refractivity contribution is 0.660. The average Bonchev–Trinajstić information content (AvgIpc) is 3.89. The van der Waals surface area contributed by atoms with Crippen molar-refractivity contribution in [2.75, 3.05) is 9.80 Å². The molecule has 1 aliphatic rings. The van der Waals surface area contributed by atoms with E-state index in [9.17, 15) is 0 Å². The fourth-order valence-corrected chi connectivity index (χ4v) is 12.2. The van der Waals surface area contributed by atoms with Crippen LogP contribution in [0.4, 0.5) is 34.1 Å². The Kier molecular flexibility index (Phi) is 9.42. The third-order valence-corrected chi connectivity index (χ3v) is 15.4. The molecule has 0 atom stereocenters. The SMILES string of the molecule is CC1(C)c2ccccc2-c2cc(N(c3ccccc3)c3ccc(-c4ccc(-c5cc6c(sc7ccc8ccccc8c76)c6ccccc56)cc4)c(N(c4ccccc4)c4ccccc4)c3)ccc21. The van der Waals surface area contributed by atoms with Crippen LogP contribution >= 0.6 is 11.3 Å². The second-order valence-corrected chi connectivity index (χ2v) is 19.5. The fourth-order valence-electron chi connectivity index (χ4n) is 11.0. The number of hydrogen-bond donors (Lipinski definition) is 0. The molecule has 1 heterocycles. The zero-order valence-corrected chi connectivity index (χ0v) is 38.7. The molecule has 0 saturated carbocycles. The van der Waals surface area contributed by atoms with Gasteiger partial charge in [-0.15, -0.1) is 11.3 Å². The van der Waals surface area contributed by atoms with Gasteiger partial charge in [-0.2, -0.15) is 0 Å². The van der Waals surface area contributed by atoms with Crippen molar-refractivity contribution in [2.45, 2.75) is 19.3 Å². The van der Waals surface area contributed by atoms with Crippen molar-refractivity contribution < 1.29 is 0 Å². The molecule has 1 aromatic heterocycles. The van der Waals surface area contributed by atoms with E-state index in [1.165, 1.54) is 75.1 Å². The number of para-hydroxylation sites is 3. The van der Waals surface area contributed by atoms with Gasteiger partial charge in [0.2, 0.25) is 0 Å². The first kappa shape index (κ1) is 40.1.